The van der Waals surface area contributed by atoms with Crippen molar-refractivity contribution in [2.24, 2.45) is 0 Å². The Labute approximate surface area is 319 Å². The topological polar surface area (TPSA) is 43.6 Å². The van der Waals surface area contributed by atoms with Crippen molar-refractivity contribution < 1.29 is 13.2 Å². The Morgan fingerprint density at radius 1 is 0.436 bits per heavy atom. The molecule has 2 heterocycles. The second-order valence-electron chi connectivity index (χ2n) is 16.1. The van der Waals surface area contributed by atoms with Crippen molar-refractivity contribution in [3.8, 4) is 51.0 Å². The highest BCUT2D eigenvalue weighted by Crippen LogP contribution is 2.43. The van der Waals surface area contributed by atoms with Crippen molar-refractivity contribution in [2.45, 2.75) is 58.5 Å². The summed E-state index contributed by atoms with van der Waals surface area (Å²) in [6.07, 6.45) is -4.59. The van der Waals surface area contributed by atoms with Crippen LogP contribution < -0.4 is 0 Å². The van der Waals surface area contributed by atoms with Crippen LogP contribution in [0.5, 0.6) is 0 Å². The van der Waals surface area contributed by atoms with Crippen LogP contribution in [0.1, 0.15) is 58.2 Å². The van der Waals surface area contributed by atoms with E-state index in [0.717, 1.165) is 44.7 Å². The SMILES string of the molecule is CC(C)(C)c1ccc2c3ccc(C(C)(C)C)cc3n(-c3ccc(-c4ccccc4C(F)(F)F)c(-c4nc(-c5ccccc5)nc(-c5ccccc5)n4)c3)c2c1. The average Bonchev–Trinajstić information content (AvgIpc) is 3.50. The van der Waals surface area contributed by atoms with Gasteiger partial charge in [-0.05, 0) is 63.4 Å². The Kier molecular flexibility index (Phi) is 8.71. The van der Waals surface area contributed by atoms with E-state index in [4.69, 9.17) is 15.0 Å². The number of halogens is 3. The first-order chi connectivity index (χ1) is 26.2. The molecule has 0 saturated heterocycles. The van der Waals surface area contributed by atoms with Gasteiger partial charge in [-0.3, -0.25) is 0 Å². The summed E-state index contributed by atoms with van der Waals surface area (Å²) in [7, 11) is 0. The van der Waals surface area contributed by atoms with E-state index in [9.17, 15) is 13.2 Å². The Morgan fingerprint density at radius 3 is 1.40 bits per heavy atom. The number of nitrogens with zero attached hydrogens (tertiary/aromatic N) is 4. The number of rotatable bonds is 5. The number of hydrogen-bond donors (Lipinski definition) is 0. The van der Waals surface area contributed by atoms with E-state index in [2.05, 4.69) is 82.5 Å². The van der Waals surface area contributed by atoms with Crippen LogP contribution >= 0.6 is 0 Å². The van der Waals surface area contributed by atoms with Gasteiger partial charge in [-0.2, -0.15) is 13.2 Å². The minimum Gasteiger partial charge on any atom is -0.309 e. The minimum absolute atomic E-state index is 0.0479. The number of benzene rings is 6. The third kappa shape index (κ3) is 6.80. The van der Waals surface area contributed by atoms with Gasteiger partial charge in [0.1, 0.15) is 0 Å². The molecule has 0 fully saturated rings. The third-order valence-electron chi connectivity index (χ3n) is 10.2. The molecule has 0 aliphatic rings. The van der Waals surface area contributed by atoms with E-state index >= 15 is 0 Å². The number of hydrogen-bond acceptors (Lipinski definition) is 3. The molecule has 0 spiro atoms. The molecule has 0 aliphatic carbocycles. The molecule has 6 aromatic carbocycles. The van der Waals surface area contributed by atoms with Gasteiger partial charge >= 0.3 is 6.18 Å². The fourth-order valence-corrected chi connectivity index (χ4v) is 7.22. The fraction of sp³-hybridized carbons (Fsp3) is 0.188. The highest BCUT2D eigenvalue weighted by Gasteiger charge is 2.34. The zero-order valence-electron chi connectivity index (χ0n) is 31.7. The second kappa shape index (κ2) is 13.3. The van der Waals surface area contributed by atoms with Crippen LogP contribution in [0.3, 0.4) is 0 Å². The first kappa shape index (κ1) is 35.9. The van der Waals surface area contributed by atoms with Gasteiger partial charge in [0.05, 0.1) is 16.6 Å². The van der Waals surface area contributed by atoms with Gasteiger partial charge in [-0.15, -0.1) is 0 Å². The zero-order chi connectivity index (χ0) is 38.7. The third-order valence-corrected chi connectivity index (χ3v) is 10.2. The van der Waals surface area contributed by atoms with Gasteiger partial charge in [0.15, 0.2) is 17.5 Å². The normalized spacial score (nSPS) is 12.5. The fourth-order valence-electron chi connectivity index (χ4n) is 7.22. The molecule has 0 bridgehead atoms. The lowest BCUT2D eigenvalue weighted by atomic mass is 9.86. The van der Waals surface area contributed by atoms with Crippen LogP contribution in [0, 0.1) is 0 Å². The highest BCUT2D eigenvalue weighted by atomic mass is 19.4. The van der Waals surface area contributed by atoms with E-state index in [-0.39, 0.29) is 22.2 Å². The molecule has 0 unspecified atom stereocenters. The number of aromatic nitrogens is 4. The second-order valence-corrected chi connectivity index (χ2v) is 16.1. The van der Waals surface area contributed by atoms with E-state index in [1.54, 1.807) is 12.1 Å². The standard InChI is InChI=1S/C48H41F3N4/c1-46(2,3)32-21-24-37-38-25-22-33(47(4,5)6)28-42(38)55(41(37)27-32)34-23-26-35(36-19-13-14-20-40(36)48(49,50)51)39(29-34)45-53-43(30-15-9-7-10-16-30)52-44(54-45)31-17-11-8-12-18-31/h7-29H,1-6H3. The summed E-state index contributed by atoms with van der Waals surface area (Å²) < 4.78 is 46.4. The van der Waals surface area contributed by atoms with Crippen molar-refractivity contribution in [1.29, 1.82) is 0 Å². The van der Waals surface area contributed by atoms with Crippen LogP contribution in [0.25, 0.3) is 72.8 Å². The molecule has 274 valence electrons. The Balaban J connectivity index is 1.48. The van der Waals surface area contributed by atoms with Crippen molar-refractivity contribution in [3.63, 3.8) is 0 Å². The molecule has 2 aromatic heterocycles. The minimum atomic E-state index is -4.59. The summed E-state index contributed by atoms with van der Waals surface area (Å²) in [4.78, 5) is 14.9. The molecule has 0 amide bonds. The van der Waals surface area contributed by atoms with Crippen molar-refractivity contribution in [1.82, 2.24) is 19.5 Å². The molecule has 8 aromatic rings. The van der Waals surface area contributed by atoms with Crippen LogP contribution in [0.4, 0.5) is 13.2 Å². The lowest BCUT2D eigenvalue weighted by Crippen LogP contribution is -2.11. The van der Waals surface area contributed by atoms with Gasteiger partial charge in [0.25, 0.3) is 0 Å². The van der Waals surface area contributed by atoms with Gasteiger partial charge in [0, 0.05) is 33.2 Å². The van der Waals surface area contributed by atoms with Crippen LogP contribution in [0.2, 0.25) is 0 Å². The maximum Gasteiger partial charge on any atom is 0.417 e. The Bertz CT molecular complexity index is 2570. The summed E-state index contributed by atoms with van der Waals surface area (Å²) in [5, 5.41) is 2.18. The molecule has 0 radical (unpaired) electrons. The van der Waals surface area contributed by atoms with Gasteiger partial charge in [-0.25, -0.2) is 15.0 Å². The Morgan fingerprint density at radius 2 is 0.909 bits per heavy atom. The molecule has 0 aliphatic heterocycles. The highest BCUT2D eigenvalue weighted by molar-refractivity contribution is 6.10. The molecule has 0 atom stereocenters. The van der Waals surface area contributed by atoms with Gasteiger partial charge in [0.2, 0.25) is 0 Å². The summed E-state index contributed by atoms with van der Waals surface area (Å²) >= 11 is 0. The summed E-state index contributed by atoms with van der Waals surface area (Å²) in [5.74, 6) is 1.12. The van der Waals surface area contributed by atoms with Crippen LogP contribution in [0.15, 0.2) is 140 Å². The first-order valence-corrected chi connectivity index (χ1v) is 18.4. The van der Waals surface area contributed by atoms with Crippen molar-refractivity contribution >= 4 is 21.8 Å². The maximum absolute atomic E-state index is 14.7. The Hall–Kier alpha value is -6.08. The molecule has 8 rings (SSSR count). The lowest BCUT2D eigenvalue weighted by molar-refractivity contribution is -0.137. The van der Waals surface area contributed by atoms with Crippen LogP contribution in [-0.4, -0.2) is 19.5 Å². The molecule has 7 heteroatoms. The number of fused-ring (bicyclic) bond motifs is 3. The number of alkyl halides is 3. The molecule has 4 nitrogen and oxygen atoms in total. The summed E-state index contributed by atoms with van der Waals surface area (Å²) in [5.41, 5.74) is 6.59. The largest absolute Gasteiger partial charge is 0.417 e. The maximum atomic E-state index is 14.7. The van der Waals surface area contributed by atoms with E-state index in [1.807, 2.05) is 72.8 Å². The summed E-state index contributed by atoms with van der Waals surface area (Å²) in [6.45, 7) is 13.2. The van der Waals surface area contributed by atoms with Crippen LogP contribution in [-0.2, 0) is 17.0 Å². The van der Waals surface area contributed by atoms with Gasteiger partial charge in [-0.1, -0.05) is 151 Å². The lowest BCUT2D eigenvalue weighted by Gasteiger charge is -2.21. The summed E-state index contributed by atoms with van der Waals surface area (Å²) in [6, 6.07) is 43.7. The first-order valence-electron chi connectivity index (χ1n) is 18.4. The zero-order valence-corrected chi connectivity index (χ0v) is 31.7. The van der Waals surface area contributed by atoms with Gasteiger partial charge < -0.3 is 4.57 Å². The molecule has 0 saturated carbocycles. The molecule has 55 heavy (non-hydrogen) atoms. The van der Waals surface area contributed by atoms with Crippen molar-refractivity contribution in [2.75, 3.05) is 0 Å². The monoisotopic (exact) mass is 730 g/mol. The molecular formula is C48H41F3N4. The quantitative estimate of drug-likeness (QED) is 0.177. The van der Waals surface area contributed by atoms with E-state index < -0.39 is 11.7 Å². The predicted octanol–water partition coefficient (Wildman–Crippen LogP) is 13.3. The van der Waals surface area contributed by atoms with E-state index in [0.29, 0.717) is 22.8 Å². The predicted molar refractivity (Wildman–Crippen MR) is 218 cm³/mol. The molecular weight excluding hydrogens is 690 g/mol. The molecule has 0 N–H and O–H groups in total. The average molecular weight is 731 g/mol. The smallest absolute Gasteiger partial charge is 0.309 e. The van der Waals surface area contributed by atoms with E-state index in [1.165, 1.54) is 23.3 Å². The van der Waals surface area contributed by atoms with Crippen molar-refractivity contribution in [3.05, 3.63) is 156 Å².